The van der Waals surface area contributed by atoms with Crippen LogP contribution in [0.1, 0.15) is 26.2 Å². The molecule has 0 spiro atoms. The molecule has 0 bridgehead atoms. The standard InChI is InChI=1S/C10H19NO/c1-2-11-10-7-9(10)8-3-5-12-6-4-8/h8-11H,2-7H2,1H3. The van der Waals surface area contributed by atoms with Crippen LogP contribution in [-0.2, 0) is 4.74 Å². The average molecular weight is 169 g/mol. The predicted octanol–water partition coefficient (Wildman–Crippen LogP) is 1.41. The molecule has 1 N–H and O–H groups in total. The van der Waals surface area contributed by atoms with Crippen molar-refractivity contribution in [3.63, 3.8) is 0 Å². The second kappa shape index (κ2) is 3.75. The lowest BCUT2D eigenvalue weighted by molar-refractivity contribution is 0.0589. The molecule has 1 saturated carbocycles. The van der Waals surface area contributed by atoms with E-state index in [1.807, 2.05) is 0 Å². The Labute approximate surface area is 74.7 Å². The average Bonchev–Trinajstić information content (AvgIpc) is 2.87. The molecular weight excluding hydrogens is 150 g/mol. The van der Waals surface area contributed by atoms with E-state index in [2.05, 4.69) is 12.2 Å². The maximum atomic E-state index is 5.35. The maximum Gasteiger partial charge on any atom is 0.0468 e. The number of rotatable bonds is 3. The molecule has 2 fully saturated rings. The Kier molecular flexibility index (Phi) is 2.66. The second-order valence-corrected chi connectivity index (χ2v) is 4.01. The zero-order valence-electron chi connectivity index (χ0n) is 7.88. The highest BCUT2D eigenvalue weighted by Gasteiger charge is 2.42. The molecule has 0 aromatic heterocycles. The van der Waals surface area contributed by atoms with Gasteiger partial charge in [0, 0.05) is 19.3 Å². The van der Waals surface area contributed by atoms with Crippen molar-refractivity contribution in [2.45, 2.75) is 32.2 Å². The molecule has 0 aromatic rings. The first-order chi connectivity index (χ1) is 5.92. The van der Waals surface area contributed by atoms with E-state index in [4.69, 9.17) is 4.74 Å². The molecule has 1 heterocycles. The molecule has 2 rings (SSSR count). The van der Waals surface area contributed by atoms with Crippen LogP contribution >= 0.6 is 0 Å². The molecule has 70 valence electrons. The van der Waals surface area contributed by atoms with E-state index in [0.29, 0.717) is 0 Å². The molecule has 0 aromatic carbocycles. The molecule has 1 aliphatic heterocycles. The third-order valence-corrected chi connectivity index (χ3v) is 3.18. The topological polar surface area (TPSA) is 21.3 Å². The summed E-state index contributed by atoms with van der Waals surface area (Å²) < 4.78 is 5.35. The van der Waals surface area contributed by atoms with Crippen LogP contribution in [0.4, 0.5) is 0 Å². The van der Waals surface area contributed by atoms with Gasteiger partial charge >= 0.3 is 0 Å². The minimum Gasteiger partial charge on any atom is -0.381 e. The fraction of sp³-hybridized carbons (Fsp3) is 1.00. The van der Waals surface area contributed by atoms with Crippen molar-refractivity contribution in [1.29, 1.82) is 0 Å². The van der Waals surface area contributed by atoms with Crippen molar-refractivity contribution in [1.82, 2.24) is 5.32 Å². The molecule has 2 unspecified atom stereocenters. The first-order valence-electron chi connectivity index (χ1n) is 5.23. The Hall–Kier alpha value is -0.0800. The Bertz CT molecular complexity index is 143. The minimum atomic E-state index is 0.845. The summed E-state index contributed by atoms with van der Waals surface area (Å²) in [4.78, 5) is 0. The molecule has 1 aliphatic carbocycles. The Morgan fingerprint density at radius 2 is 2.08 bits per heavy atom. The molecule has 2 nitrogen and oxygen atoms in total. The highest BCUT2D eigenvalue weighted by molar-refractivity contribution is 4.97. The van der Waals surface area contributed by atoms with E-state index >= 15 is 0 Å². The van der Waals surface area contributed by atoms with Crippen LogP contribution in [-0.4, -0.2) is 25.8 Å². The molecule has 12 heavy (non-hydrogen) atoms. The monoisotopic (exact) mass is 169 g/mol. The SMILES string of the molecule is CCNC1CC1C1CCOCC1. The summed E-state index contributed by atoms with van der Waals surface area (Å²) in [6, 6.07) is 0.845. The molecular formula is C10H19NO. The van der Waals surface area contributed by atoms with Crippen molar-refractivity contribution >= 4 is 0 Å². The summed E-state index contributed by atoms with van der Waals surface area (Å²) in [5.74, 6) is 1.94. The van der Waals surface area contributed by atoms with Crippen molar-refractivity contribution < 1.29 is 4.74 Å². The highest BCUT2D eigenvalue weighted by atomic mass is 16.5. The summed E-state index contributed by atoms with van der Waals surface area (Å²) in [5, 5.41) is 3.53. The summed E-state index contributed by atoms with van der Waals surface area (Å²) in [5.41, 5.74) is 0. The van der Waals surface area contributed by atoms with Crippen LogP contribution in [0, 0.1) is 11.8 Å². The van der Waals surface area contributed by atoms with Crippen LogP contribution < -0.4 is 5.32 Å². The lowest BCUT2D eigenvalue weighted by atomic mass is 9.94. The fourth-order valence-electron chi connectivity index (χ4n) is 2.38. The fourth-order valence-corrected chi connectivity index (χ4v) is 2.38. The van der Waals surface area contributed by atoms with E-state index in [1.54, 1.807) is 0 Å². The van der Waals surface area contributed by atoms with E-state index < -0.39 is 0 Å². The lowest BCUT2D eigenvalue weighted by Crippen LogP contribution is -2.23. The summed E-state index contributed by atoms with van der Waals surface area (Å²) in [6.07, 6.45) is 4.01. The number of hydrogen-bond donors (Lipinski definition) is 1. The van der Waals surface area contributed by atoms with Gasteiger partial charge in [0.25, 0.3) is 0 Å². The smallest absolute Gasteiger partial charge is 0.0468 e. The first-order valence-corrected chi connectivity index (χ1v) is 5.23. The number of ether oxygens (including phenoxy) is 1. The lowest BCUT2D eigenvalue weighted by Gasteiger charge is -2.22. The van der Waals surface area contributed by atoms with Gasteiger partial charge in [-0.15, -0.1) is 0 Å². The van der Waals surface area contributed by atoms with Crippen LogP contribution in [0.3, 0.4) is 0 Å². The first kappa shape index (κ1) is 8.52. The Balaban J connectivity index is 1.72. The van der Waals surface area contributed by atoms with Gasteiger partial charge in [0.1, 0.15) is 0 Å². The summed E-state index contributed by atoms with van der Waals surface area (Å²) in [7, 11) is 0. The van der Waals surface area contributed by atoms with Gasteiger partial charge in [-0.25, -0.2) is 0 Å². The van der Waals surface area contributed by atoms with Crippen molar-refractivity contribution in [2.24, 2.45) is 11.8 Å². The van der Waals surface area contributed by atoms with E-state index in [9.17, 15) is 0 Å². The van der Waals surface area contributed by atoms with Crippen molar-refractivity contribution in [3.8, 4) is 0 Å². The number of hydrogen-bond acceptors (Lipinski definition) is 2. The molecule has 2 aliphatic rings. The molecule has 1 saturated heterocycles. The number of nitrogens with one attached hydrogen (secondary N) is 1. The molecule has 2 atom stereocenters. The van der Waals surface area contributed by atoms with E-state index in [0.717, 1.165) is 37.6 Å². The van der Waals surface area contributed by atoms with Gasteiger partial charge in [-0.3, -0.25) is 0 Å². The van der Waals surface area contributed by atoms with Gasteiger partial charge in [-0.2, -0.15) is 0 Å². The van der Waals surface area contributed by atoms with Crippen LogP contribution in [0.2, 0.25) is 0 Å². The third kappa shape index (κ3) is 1.80. The van der Waals surface area contributed by atoms with Crippen LogP contribution in [0.5, 0.6) is 0 Å². The quantitative estimate of drug-likeness (QED) is 0.689. The van der Waals surface area contributed by atoms with Gasteiger partial charge < -0.3 is 10.1 Å². The van der Waals surface area contributed by atoms with Crippen molar-refractivity contribution in [3.05, 3.63) is 0 Å². The van der Waals surface area contributed by atoms with Crippen LogP contribution in [0.15, 0.2) is 0 Å². The molecule has 0 radical (unpaired) electrons. The Morgan fingerprint density at radius 3 is 2.75 bits per heavy atom. The zero-order chi connectivity index (χ0) is 8.39. The minimum absolute atomic E-state index is 0.845. The van der Waals surface area contributed by atoms with Gasteiger partial charge in [0.05, 0.1) is 0 Å². The molecule has 2 heteroatoms. The second-order valence-electron chi connectivity index (χ2n) is 4.01. The Morgan fingerprint density at radius 1 is 1.33 bits per heavy atom. The van der Waals surface area contributed by atoms with Gasteiger partial charge in [-0.1, -0.05) is 6.92 Å². The van der Waals surface area contributed by atoms with Crippen LogP contribution in [0.25, 0.3) is 0 Å². The molecule has 0 amide bonds. The zero-order valence-corrected chi connectivity index (χ0v) is 7.88. The summed E-state index contributed by atoms with van der Waals surface area (Å²) in [6.45, 7) is 5.32. The summed E-state index contributed by atoms with van der Waals surface area (Å²) >= 11 is 0. The largest absolute Gasteiger partial charge is 0.381 e. The third-order valence-electron chi connectivity index (χ3n) is 3.18. The van der Waals surface area contributed by atoms with Gasteiger partial charge in [0.15, 0.2) is 0 Å². The van der Waals surface area contributed by atoms with Crippen molar-refractivity contribution in [2.75, 3.05) is 19.8 Å². The highest BCUT2D eigenvalue weighted by Crippen LogP contribution is 2.41. The van der Waals surface area contributed by atoms with Gasteiger partial charge in [0.2, 0.25) is 0 Å². The normalized spacial score (nSPS) is 36.8. The maximum absolute atomic E-state index is 5.35. The predicted molar refractivity (Wildman–Crippen MR) is 49.1 cm³/mol. The van der Waals surface area contributed by atoms with Gasteiger partial charge in [-0.05, 0) is 37.6 Å². The van der Waals surface area contributed by atoms with E-state index in [-0.39, 0.29) is 0 Å². The van der Waals surface area contributed by atoms with E-state index in [1.165, 1.54) is 19.3 Å².